The number of morpholine rings is 1. The van der Waals surface area contributed by atoms with E-state index in [2.05, 4.69) is 12.4 Å². The second-order valence-electron chi connectivity index (χ2n) is 5.49. The molecule has 1 aromatic carbocycles. The molecule has 1 aliphatic rings. The number of likely N-dealkylation sites (N-methyl/N-ethyl adjacent to an activating group) is 1. The van der Waals surface area contributed by atoms with Crippen molar-refractivity contribution in [2.45, 2.75) is 6.54 Å². The third-order valence-electron chi connectivity index (χ3n) is 3.74. The number of quaternary nitrogens is 1. The number of ether oxygens (including phenoxy) is 1. The van der Waals surface area contributed by atoms with E-state index in [9.17, 15) is 0 Å². The number of nitrogens with zero attached hydrogens (tertiary/aromatic N) is 2. The molecule has 1 fully saturated rings. The minimum atomic E-state index is 0. The second-order valence-corrected chi connectivity index (χ2v) is 6.78. The summed E-state index contributed by atoms with van der Waals surface area (Å²) >= 11 is 7.62. The monoisotopic (exact) mass is 436 g/mol. The van der Waals surface area contributed by atoms with Gasteiger partial charge in [0.15, 0.2) is 0 Å². The summed E-state index contributed by atoms with van der Waals surface area (Å²) < 4.78 is 6.46. The molecular weight excluding hydrogens is 419 g/mol. The molecular formula is C15H18ClIN2OS. The summed E-state index contributed by atoms with van der Waals surface area (Å²) in [4.78, 5) is 4.77. The van der Waals surface area contributed by atoms with Gasteiger partial charge in [-0.05, 0) is 12.1 Å². The Bertz CT molecular complexity index is 582. The van der Waals surface area contributed by atoms with E-state index < -0.39 is 0 Å². The zero-order valence-electron chi connectivity index (χ0n) is 11.9. The highest BCUT2D eigenvalue weighted by molar-refractivity contribution is 7.13. The fraction of sp³-hybridized carbons (Fsp3) is 0.400. The number of aromatic nitrogens is 1. The van der Waals surface area contributed by atoms with Crippen molar-refractivity contribution >= 4 is 22.9 Å². The predicted octanol–water partition coefficient (Wildman–Crippen LogP) is 0.444. The molecule has 0 aliphatic carbocycles. The van der Waals surface area contributed by atoms with E-state index in [0.29, 0.717) is 0 Å². The van der Waals surface area contributed by atoms with Crippen LogP contribution in [0.4, 0.5) is 0 Å². The molecule has 0 saturated carbocycles. The van der Waals surface area contributed by atoms with Crippen molar-refractivity contribution in [3.63, 3.8) is 0 Å². The fourth-order valence-electron chi connectivity index (χ4n) is 2.44. The van der Waals surface area contributed by atoms with Crippen LogP contribution in [0.25, 0.3) is 10.6 Å². The molecule has 2 heterocycles. The first-order valence-electron chi connectivity index (χ1n) is 6.76. The molecule has 3 nitrogen and oxygen atoms in total. The fourth-order valence-corrected chi connectivity index (χ4v) is 3.38. The van der Waals surface area contributed by atoms with Gasteiger partial charge in [-0.15, -0.1) is 11.3 Å². The van der Waals surface area contributed by atoms with Crippen LogP contribution in [0.1, 0.15) is 5.69 Å². The van der Waals surface area contributed by atoms with Gasteiger partial charge < -0.3 is 33.2 Å². The van der Waals surface area contributed by atoms with E-state index in [4.69, 9.17) is 21.3 Å². The zero-order valence-corrected chi connectivity index (χ0v) is 15.6. The maximum absolute atomic E-state index is 5.92. The molecule has 1 saturated heterocycles. The van der Waals surface area contributed by atoms with Crippen LogP contribution in [0.5, 0.6) is 0 Å². The smallest absolute Gasteiger partial charge is 0.123 e. The highest BCUT2D eigenvalue weighted by Gasteiger charge is 2.26. The van der Waals surface area contributed by atoms with Crippen LogP contribution in [0.2, 0.25) is 5.02 Å². The van der Waals surface area contributed by atoms with Crippen molar-refractivity contribution in [1.82, 2.24) is 4.98 Å². The van der Waals surface area contributed by atoms with Gasteiger partial charge in [0, 0.05) is 16.0 Å². The number of hydrogen-bond donors (Lipinski definition) is 0. The molecule has 0 amide bonds. The second kappa shape index (κ2) is 7.37. The standard InChI is InChI=1S/C15H18ClN2OS.HI/c1-18(6-8-19-9-7-18)10-14-11-20-15(17-14)12-2-4-13(16)5-3-12;/h2-5,11H,6-10H2,1H3;1H/q+1;/p-1. The Morgan fingerprint density at radius 1 is 1.24 bits per heavy atom. The minimum absolute atomic E-state index is 0. The van der Waals surface area contributed by atoms with Crippen molar-refractivity contribution in [3.05, 3.63) is 40.4 Å². The predicted molar refractivity (Wildman–Crippen MR) is 83.0 cm³/mol. The van der Waals surface area contributed by atoms with Gasteiger partial charge in [-0.1, -0.05) is 23.7 Å². The number of benzene rings is 1. The maximum atomic E-state index is 5.92. The summed E-state index contributed by atoms with van der Waals surface area (Å²) in [7, 11) is 2.28. The van der Waals surface area contributed by atoms with Gasteiger partial charge in [-0.3, -0.25) is 0 Å². The van der Waals surface area contributed by atoms with Crippen LogP contribution in [0, 0.1) is 0 Å². The number of hydrogen-bond acceptors (Lipinski definition) is 3. The quantitative estimate of drug-likeness (QED) is 0.515. The molecule has 0 N–H and O–H groups in total. The van der Waals surface area contributed by atoms with E-state index in [-0.39, 0.29) is 24.0 Å². The van der Waals surface area contributed by atoms with E-state index in [1.54, 1.807) is 11.3 Å². The van der Waals surface area contributed by atoms with Crippen LogP contribution in [0.15, 0.2) is 29.6 Å². The molecule has 1 aromatic heterocycles. The summed E-state index contributed by atoms with van der Waals surface area (Å²) in [6.07, 6.45) is 0. The van der Waals surface area contributed by atoms with Crippen LogP contribution in [0.3, 0.4) is 0 Å². The van der Waals surface area contributed by atoms with Gasteiger partial charge >= 0.3 is 0 Å². The van der Waals surface area contributed by atoms with Crippen molar-refractivity contribution in [2.24, 2.45) is 0 Å². The lowest BCUT2D eigenvalue weighted by molar-refractivity contribution is -0.929. The number of thiazole rings is 1. The Hall–Kier alpha value is -0.210. The molecule has 6 heteroatoms. The van der Waals surface area contributed by atoms with Crippen LogP contribution in [-0.4, -0.2) is 42.8 Å². The first-order chi connectivity index (χ1) is 9.65. The van der Waals surface area contributed by atoms with Gasteiger partial charge in [-0.25, -0.2) is 4.98 Å². The summed E-state index contributed by atoms with van der Waals surface area (Å²) in [6.45, 7) is 4.81. The van der Waals surface area contributed by atoms with Gasteiger partial charge in [0.1, 0.15) is 30.3 Å². The Morgan fingerprint density at radius 3 is 2.57 bits per heavy atom. The summed E-state index contributed by atoms with van der Waals surface area (Å²) in [5.74, 6) is 0. The summed E-state index contributed by atoms with van der Waals surface area (Å²) in [5.41, 5.74) is 2.31. The molecule has 2 aromatic rings. The van der Waals surface area contributed by atoms with E-state index in [0.717, 1.165) is 52.9 Å². The van der Waals surface area contributed by atoms with Crippen molar-refractivity contribution in [3.8, 4) is 10.6 Å². The Kier molecular flexibility index (Phi) is 6.02. The Balaban J connectivity index is 0.00000161. The lowest BCUT2D eigenvalue weighted by Gasteiger charge is -2.36. The largest absolute Gasteiger partial charge is 1.00 e. The van der Waals surface area contributed by atoms with Crippen LogP contribution in [-0.2, 0) is 11.3 Å². The molecule has 0 atom stereocenters. The van der Waals surface area contributed by atoms with Crippen molar-refractivity contribution < 1.29 is 33.2 Å². The highest BCUT2D eigenvalue weighted by atomic mass is 127. The minimum Gasteiger partial charge on any atom is -1.00 e. The maximum Gasteiger partial charge on any atom is 0.123 e. The molecule has 114 valence electrons. The van der Waals surface area contributed by atoms with E-state index in [1.807, 2.05) is 24.3 Å². The first kappa shape index (κ1) is 17.1. The summed E-state index contributed by atoms with van der Waals surface area (Å²) in [6, 6.07) is 7.87. The van der Waals surface area contributed by atoms with Crippen molar-refractivity contribution in [1.29, 1.82) is 0 Å². The average Bonchev–Trinajstić information content (AvgIpc) is 2.88. The van der Waals surface area contributed by atoms with Gasteiger partial charge in [0.25, 0.3) is 0 Å². The van der Waals surface area contributed by atoms with Crippen LogP contribution < -0.4 is 24.0 Å². The molecule has 0 unspecified atom stereocenters. The molecule has 21 heavy (non-hydrogen) atoms. The molecule has 0 bridgehead atoms. The van der Waals surface area contributed by atoms with E-state index >= 15 is 0 Å². The third-order valence-corrected chi connectivity index (χ3v) is 4.93. The van der Waals surface area contributed by atoms with Crippen LogP contribution >= 0.6 is 22.9 Å². The molecule has 0 spiro atoms. The Morgan fingerprint density at radius 2 is 1.90 bits per heavy atom. The number of rotatable bonds is 3. The van der Waals surface area contributed by atoms with Gasteiger partial charge in [0.2, 0.25) is 0 Å². The zero-order chi connectivity index (χ0) is 14.0. The van der Waals surface area contributed by atoms with Gasteiger partial charge in [0.05, 0.1) is 20.3 Å². The van der Waals surface area contributed by atoms with Gasteiger partial charge in [-0.2, -0.15) is 0 Å². The number of halogens is 2. The highest BCUT2D eigenvalue weighted by Crippen LogP contribution is 2.26. The molecule has 3 rings (SSSR count). The lowest BCUT2D eigenvalue weighted by Crippen LogP contribution is -3.00. The lowest BCUT2D eigenvalue weighted by atomic mass is 10.2. The SMILES string of the molecule is C[N+]1(Cc2csc(-c3ccc(Cl)cc3)n2)CCOCC1.[I-]. The molecule has 1 aliphatic heterocycles. The topological polar surface area (TPSA) is 22.1 Å². The average molecular weight is 437 g/mol. The molecule has 0 radical (unpaired) electrons. The third kappa shape index (κ3) is 4.39. The first-order valence-corrected chi connectivity index (χ1v) is 8.02. The van der Waals surface area contributed by atoms with E-state index in [1.165, 1.54) is 5.69 Å². The normalized spacial score (nSPS) is 17.2. The van der Waals surface area contributed by atoms with Crippen molar-refractivity contribution in [2.75, 3.05) is 33.4 Å². The Labute approximate surface area is 151 Å². The summed E-state index contributed by atoms with van der Waals surface area (Å²) in [5, 5.41) is 4.00.